The lowest BCUT2D eigenvalue weighted by atomic mass is 9.84. The van der Waals surface area contributed by atoms with Crippen LogP contribution in [-0.4, -0.2) is 18.5 Å². The molecule has 6 heteroatoms. The third kappa shape index (κ3) is 4.90. The lowest BCUT2D eigenvalue weighted by Crippen LogP contribution is -2.22. The maximum atomic E-state index is 13.5. The van der Waals surface area contributed by atoms with E-state index in [-0.39, 0.29) is 0 Å². The Labute approximate surface area is 156 Å². The molecule has 0 heterocycles. The first-order valence-corrected chi connectivity index (χ1v) is 9.05. The molecule has 0 saturated heterocycles. The van der Waals surface area contributed by atoms with Crippen molar-refractivity contribution in [2.45, 2.75) is 38.0 Å². The standard InChI is InChI=1S/C21H21F2NO3/c22-17-7-4-8-18(23)20(17)24-19(25)13-27-21(26)16-11-9-15(10-12-16)14-5-2-1-3-6-14/h4,7-12,14H,1-3,5-6,13H2,(H,24,25). The van der Waals surface area contributed by atoms with Gasteiger partial charge in [0, 0.05) is 0 Å². The molecule has 1 amide bonds. The molecule has 1 N–H and O–H groups in total. The summed E-state index contributed by atoms with van der Waals surface area (Å²) in [6.07, 6.45) is 6.06. The average molecular weight is 373 g/mol. The molecule has 0 aromatic heterocycles. The zero-order chi connectivity index (χ0) is 19.2. The van der Waals surface area contributed by atoms with Gasteiger partial charge in [-0.2, -0.15) is 0 Å². The van der Waals surface area contributed by atoms with Crippen LogP contribution in [0.3, 0.4) is 0 Å². The van der Waals surface area contributed by atoms with E-state index in [0.29, 0.717) is 11.5 Å². The van der Waals surface area contributed by atoms with Gasteiger partial charge in [0.2, 0.25) is 0 Å². The fraction of sp³-hybridized carbons (Fsp3) is 0.333. The minimum atomic E-state index is -0.895. The number of benzene rings is 2. The van der Waals surface area contributed by atoms with E-state index in [1.54, 1.807) is 12.1 Å². The molecule has 27 heavy (non-hydrogen) atoms. The fourth-order valence-electron chi connectivity index (χ4n) is 3.33. The van der Waals surface area contributed by atoms with Crippen molar-refractivity contribution < 1.29 is 23.1 Å². The van der Waals surface area contributed by atoms with Crippen LogP contribution in [0, 0.1) is 11.6 Å². The van der Waals surface area contributed by atoms with Crippen LogP contribution in [0.25, 0.3) is 0 Å². The normalized spacial score (nSPS) is 14.6. The van der Waals surface area contributed by atoms with Crippen LogP contribution in [0.15, 0.2) is 42.5 Å². The first kappa shape index (κ1) is 19.0. The van der Waals surface area contributed by atoms with Crippen LogP contribution < -0.4 is 5.32 Å². The number of rotatable bonds is 5. The van der Waals surface area contributed by atoms with E-state index in [0.717, 1.165) is 25.0 Å². The van der Waals surface area contributed by atoms with Crippen LogP contribution >= 0.6 is 0 Å². The number of carbonyl (C=O) groups excluding carboxylic acids is 2. The Morgan fingerprint density at radius 2 is 1.59 bits per heavy atom. The largest absolute Gasteiger partial charge is 0.452 e. The Balaban J connectivity index is 1.53. The number of esters is 1. The first-order valence-electron chi connectivity index (χ1n) is 9.05. The number of hydrogen-bond acceptors (Lipinski definition) is 3. The van der Waals surface area contributed by atoms with Crippen LogP contribution in [-0.2, 0) is 9.53 Å². The van der Waals surface area contributed by atoms with Crippen molar-refractivity contribution in [3.63, 3.8) is 0 Å². The van der Waals surface area contributed by atoms with Gasteiger partial charge in [-0.3, -0.25) is 4.79 Å². The predicted octanol–water partition coefficient (Wildman–Crippen LogP) is 4.81. The molecule has 4 nitrogen and oxygen atoms in total. The van der Waals surface area contributed by atoms with E-state index in [1.807, 2.05) is 12.1 Å². The Bertz CT molecular complexity index is 794. The minimum Gasteiger partial charge on any atom is -0.452 e. The smallest absolute Gasteiger partial charge is 0.338 e. The second kappa shape index (κ2) is 8.75. The number of halogens is 2. The highest BCUT2D eigenvalue weighted by molar-refractivity contribution is 5.95. The van der Waals surface area contributed by atoms with Crippen molar-refractivity contribution in [1.82, 2.24) is 0 Å². The van der Waals surface area contributed by atoms with Gasteiger partial charge >= 0.3 is 5.97 Å². The van der Waals surface area contributed by atoms with E-state index >= 15 is 0 Å². The van der Waals surface area contributed by atoms with E-state index < -0.39 is 35.8 Å². The second-order valence-electron chi connectivity index (χ2n) is 6.68. The van der Waals surface area contributed by atoms with Gasteiger partial charge in [-0.25, -0.2) is 13.6 Å². The summed E-state index contributed by atoms with van der Waals surface area (Å²) in [6, 6.07) is 10.4. The third-order valence-corrected chi connectivity index (χ3v) is 4.78. The van der Waals surface area contributed by atoms with Crippen molar-refractivity contribution in [3.05, 3.63) is 65.2 Å². The summed E-state index contributed by atoms with van der Waals surface area (Å²) < 4.78 is 31.9. The van der Waals surface area contributed by atoms with Crippen molar-refractivity contribution in [3.8, 4) is 0 Å². The SMILES string of the molecule is O=C(COC(=O)c1ccc(C2CCCCC2)cc1)Nc1c(F)cccc1F. The van der Waals surface area contributed by atoms with Crippen LogP contribution in [0.5, 0.6) is 0 Å². The molecule has 1 aliphatic rings. The number of amides is 1. The van der Waals surface area contributed by atoms with Gasteiger partial charge in [-0.1, -0.05) is 37.5 Å². The number of hydrogen-bond donors (Lipinski definition) is 1. The Morgan fingerprint density at radius 1 is 0.963 bits per heavy atom. The molecule has 0 unspecified atom stereocenters. The van der Waals surface area contributed by atoms with Gasteiger partial charge in [0.25, 0.3) is 5.91 Å². The molecular weight excluding hydrogens is 352 g/mol. The van der Waals surface area contributed by atoms with Gasteiger partial charge < -0.3 is 10.1 Å². The molecule has 2 aromatic carbocycles. The monoisotopic (exact) mass is 373 g/mol. The molecule has 0 bridgehead atoms. The zero-order valence-corrected chi connectivity index (χ0v) is 14.8. The molecular formula is C21H21F2NO3. The van der Waals surface area contributed by atoms with Gasteiger partial charge in [0.05, 0.1) is 5.56 Å². The van der Waals surface area contributed by atoms with Crippen molar-refractivity contribution >= 4 is 17.6 Å². The maximum absolute atomic E-state index is 13.5. The lowest BCUT2D eigenvalue weighted by Gasteiger charge is -2.21. The summed E-state index contributed by atoms with van der Waals surface area (Å²) in [5.41, 5.74) is 0.980. The van der Waals surface area contributed by atoms with Crippen LogP contribution in [0.4, 0.5) is 14.5 Å². The molecule has 0 aliphatic heterocycles. The van der Waals surface area contributed by atoms with E-state index in [4.69, 9.17) is 4.74 Å². The fourth-order valence-corrected chi connectivity index (χ4v) is 3.33. The molecule has 2 aromatic rings. The summed E-state index contributed by atoms with van der Waals surface area (Å²) in [7, 11) is 0. The summed E-state index contributed by atoms with van der Waals surface area (Å²) in [6.45, 7) is -0.628. The summed E-state index contributed by atoms with van der Waals surface area (Å²) in [5, 5.41) is 2.07. The molecule has 1 fully saturated rings. The van der Waals surface area contributed by atoms with Crippen LogP contribution in [0.1, 0.15) is 53.9 Å². The first-order chi connectivity index (χ1) is 13.0. The third-order valence-electron chi connectivity index (χ3n) is 4.78. The van der Waals surface area contributed by atoms with Gasteiger partial charge in [0.15, 0.2) is 6.61 Å². The molecule has 1 aliphatic carbocycles. The molecule has 0 spiro atoms. The van der Waals surface area contributed by atoms with Crippen molar-refractivity contribution in [2.75, 3.05) is 11.9 Å². The Kier molecular flexibility index (Phi) is 6.16. The molecule has 142 valence electrons. The Morgan fingerprint density at radius 3 is 2.22 bits per heavy atom. The summed E-state index contributed by atoms with van der Waals surface area (Å²) in [4.78, 5) is 23.9. The number of ether oxygens (including phenoxy) is 1. The van der Waals surface area contributed by atoms with E-state index in [9.17, 15) is 18.4 Å². The summed E-state index contributed by atoms with van der Waals surface area (Å²) >= 11 is 0. The highest BCUT2D eigenvalue weighted by Crippen LogP contribution is 2.32. The predicted molar refractivity (Wildman–Crippen MR) is 97.5 cm³/mol. The Hall–Kier alpha value is -2.76. The highest BCUT2D eigenvalue weighted by atomic mass is 19.1. The van der Waals surface area contributed by atoms with Crippen molar-refractivity contribution in [1.29, 1.82) is 0 Å². The second-order valence-corrected chi connectivity index (χ2v) is 6.68. The molecule has 1 saturated carbocycles. The zero-order valence-electron chi connectivity index (χ0n) is 14.8. The number of para-hydroxylation sites is 1. The van der Waals surface area contributed by atoms with Crippen LogP contribution in [0.2, 0.25) is 0 Å². The summed E-state index contributed by atoms with van der Waals surface area (Å²) in [5.74, 6) is -2.73. The molecule has 0 radical (unpaired) electrons. The maximum Gasteiger partial charge on any atom is 0.338 e. The number of anilines is 1. The molecule has 3 rings (SSSR count). The van der Waals surface area contributed by atoms with E-state index in [1.165, 1.54) is 30.9 Å². The minimum absolute atomic E-state index is 0.333. The quantitative estimate of drug-likeness (QED) is 0.766. The topological polar surface area (TPSA) is 55.4 Å². The van der Waals surface area contributed by atoms with E-state index in [2.05, 4.69) is 5.32 Å². The van der Waals surface area contributed by atoms with Crippen molar-refractivity contribution in [2.24, 2.45) is 0 Å². The number of nitrogens with one attached hydrogen (secondary N) is 1. The van der Waals surface area contributed by atoms with Gasteiger partial charge in [-0.05, 0) is 48.6 Å². The molecule has 0 atom stereocenters. The van der Waals surface area contributed by atoms with Gasteiger partial charge in [-0.15, -0.1) is 0 Å². The lowest BCUT2D eigenvalue weighted by molar-refractivity contribution is -0.119. The number of carbonyl (C=O) groups is 2. The average Bonchev–Trinajstić information content (AvgIpc) is 2.70. The van der Waals surface area contributed by atoms with Gasteiger partial charge in [0.1, 0.15) is 17.3 Å². The highest BCUT2D eigenvalue weighted by Gasteiger charge is 2.17.